The van der Waals surface area contributed by atoms with Crippen LogP contribution in [0.4, 0.5) is 0 Å². The normalized spacial score (nSPS) is 17.2. The number of rotatable bonds is 5. The van der Waals surface area contributed by atoms with Gasteiger partial charge in [0, 0.05) is 7.05 Å². The first-order chi connectivity index (χ1) is 13.5. The predicted molar refractivity (Wildman–Crippen MR) is 114 cm³/mol. The van der Waals surface area contributed by atoms with Crippen molar-refractivity contribution in [3.8, 4) is 11.5 Å². The van der Waals surface area contributed by atoms with Gasteiger partial charge in [0.2, 0.25) is 0 Å². The van der Waals surface area contributed by atoms with Gasteiger partial charge in [0.05, 0.1) is 17.7 Å². The molecule has 1 aliphatic heterocycles. The van der Waals surface area contributed by atoms with Crippen molar-refractivity contribution in [3.63, 3.8) is 0 Å². The van der Waals surface area contributed by atoms with Crippen LogP contribution in [0.5, 0.6) is 11.5 Å². The highest BCUT2D eigenvalue weighted by molar-refractivity contribution is 8.18. The summed E-state index contributed by atoms with van der Waals surface area (Å²) < 4.78 is 5.40. The van der Waals surface area contributed by atoms with E-state index in [1.165, 1.54) is 16.8 Å². The monoisotopic (exact) mass is 395 g/mol. The molecule has 1 aliphatic rings. The minimum absolute atomic E-state index is 0.0644. The van der Waals surface area contributed by atoms with Crippen molar-refractivity contribution in [2.45, 2.75) is 13.8 Å². The highest BCUT2D eigenvalue weighted by Gasteiger charge is 2.33. The third-order valence-corrected chi connectivity index (χ3v) is 5.01. The van der Waals surface area contributed by atoms with Gasteiger partial charge in [-0.3, -0.25) is 9.79 Å². The second kappa shape index (κ2) is 8.75. The maximum Gasteiger partial charge on any atom is 0.287 e. The number of hydrazone groups is 1. The maximum atomic E-state index is 12.8. The lowest BCUT2D eigenvalue weighted by molar-refractivity contribution is -0.122. The molecule has 7 heteroatoms. The third kappa shape index (κ3) is 4.43. The summed E-state index contributed by atoms with van der Waals surface area (Å²) in [6.07, 6.45) is 3.38. The largest absolute Gasteiger partial charge is 0.504 e. The molecule has 0 saturated carbocycles. The number of thioether (sulfide) groups is 1. The standard InChI is InChI=1S/C21H21N3O3S/c1-4-27-18-11-16(9-10-17(18)25)12-19-20(26)24(21(22-3)28-19)23-13-15-7-5-14(2)6-8-15/h5-13,25H,4H2,1-3H3/b19-12+,22-21?,23-13-. The Balaban J connectivity index is 1.85. The Morgan fingerprint density at radius 2 is 1.89 bits per heavy atom. The summed E-state index contributed by atoms with van der Waals surface area (Å²) in [4.78, 5) is 17.5. The van der Waals surface area contributed by atoms with Crippen molar-refractivity contribution in [1.82, 2.24) is 5.01 Å². The van der Waals surface area contributed by atoms with E-state index in [1.807, 2.05) is 38.1 Å². The third-order valence-electron chi connectivity index (χ3n) is 3.96. The number of phenols is 1. The first-order valence-corrected chi connectivity index (χ1v) is 9.60. The second-order valence-corrected chi connectivity index (χ2v) is 7.06. The fourth-order valence-corrected chi connectivity index (χ4v) is 3.40. The number of amides is 1. The summed E-state index contributed by atoms with van der Waals surface area (Å²) in [5.41, 5.74) is 2.80. The van der Waals surface area contributed by atoms with E-state index < -0.39 is 0 Å². The molecule has 0 unspecified atom stereocenters. The molecule has 28 heavy (non-hydrogen) atoms. The Bertz CT molecular complexity index is 965. The second-order valence-electron chi connectivity index (χ2n) is 6.05. The Morgan fingerprint density at radius 3 is 2.57 bits per heavy atom. The number of carbonyl (C=O) groups excluding carboxylic acids is 1. The molecule has 1 fully saturated rings. The molecule has 144 valence electrons. The minimum Gasteiger partial charge on any atom is -0.504 e. The fourth-order valence-electron chi connectivity index (χ4n) is 2.53. The number of benzene rings is 2. The van der Waals surface area contributed by atoms with Crippen LogP contribution in [0.2, 0.25) is 0 Å². The van der Waals surface area contributed by atoms with Crippen LogP contribution in [0.3, 0.4) is 0 Å². The zero-order valence-electron chi connectivity index (χ0n) is 15.9. The molecule has 6 nitrogen and oxygen atoms in total. The Hall–Kier alpha value is -3.06. The van der Waals surface area contributed by atoms with Gasteiger partial charge in [-0.05, 0) is 54.9 Å². The molecule has 2 aromatic carbocycles. The van der Waals surface area contributed by atoms with Crippen molar-refractivity contribution in [1.29, 1.82) is 0 Å². The number of hydrogen-bond donors (Lipinski definition) is 1. The van der Waals surface area contributed by atoms with Crippen LogP contribution in [-0.2, 0) is 4.79 Å². The predicted octanol–water partition coefficient (Wildman–Crippen LogP) is 4.04. The minimum atomic E-state index is -0.250. The van der Waals surface area contributed by atoms with Crippen molar-refractivity contribution < 1.29 is 14.6 Å². The number of ether oxygens (including phenoxy) is 1. The van der Waals surface area contributed by atoms with Crippen LogP contribution in [0.15, 0.2) is 57.5 Å². The fraction of sp³-hybridized carbons (Fsp3) is 0.190. The lowest BCUT2D eigenvalue weighted by Crippen LogP contribution is -2.23. The van der Waals surface area contributed by atoms with E-state index in [4.69, 9.17) is 4.74 Å². The number of nitrogens with zero attached hydrogens (tertiary/aromatic N) is 3. The summed E-state index contributed by atoms with van der Waals surface area (Å²) in [5.74, 6) is 0.195. The van der Waals surface area contributed by atoms with Crippen molar-refractivity contribution in [3.05, 3.63) is 64.1 Å². The summed E-state index contributed by atoms with van der Waals surface area (Å²) in [5, 5.41) is 15.9. The van der Waals surface area contributed by atoms with E-state index >= 15 is 0 Å². The van der Waals surface area contributed by atoms with Gasteiger partial charge < -0.3 is 9.84 Å². The van der Waals surface area contributed by atoms with Gasteiger partial charge in [-0.2, -0.15) is 10.1 Å². The molecule has 0 radical (unpaired) electrons. The highest BCUT2D eigenvalue weighted by Crippen LogP contribution is 2.34. The molecule has 1 amide bonds. The molecule has 1 heterocycles. The SMILES string of the molecule is CCOc1cc(/C=C2/SC(=NC)N(/N=C\c3ccc(C)cc3)C2=O)ccc1O. The summed E-state index contributed by atoms with van der Waals surface area (Å²) >= 11 is 1.25. The van der Waals surface area contributed by atoms with Crippen molar-refractivity contribution in [2.75, 3.05) is 13.7 Å². The van der Waals surface area contributed by atoms with Gasteiger partial charge >= 0.3 is 0 Å². The number of hydrogen-bond acceptors (Lipinski definition) is 6. The molecule has 1 N–H and O–H groups in total. The molecule has 0 bridgehead atoms. The van der Waals surface area contributed by atoms with E-state index in [2.05, 4.69) is 10.1 Å². The molecular formula is C21H21N3O3S. The molecular weight excluding hydrogens is 374 g/mol. The van der Waals surface area contributed by atoms with Gasteiger partial charge in [-0.1, -0.05) is 35.9 Å². The van der Waals surface area contributed by atoms with Crippen LogP contribution >= 0.6 is 11.8 Å². The Kier molecular flexibility index (Phi) is 6.16. The number of aryl methyl sites for hydroxylation is 1. The van der Waals surface area contributed by atoms with Gasteiger partial charge in [0.15, 0.2) is 16.7 Å². The molecule has 0 spiro atoms. The van der Waals surface area contributed by atoms with Crippen LogP contribution in [-0.4, -0.2) is 41.1 Å². The van der Waals surface area contributed by atoms with Gasteiger partial charge in [0.25, 0.3) is 5.91 Å². The van der Waals surface area contributed by atoms with Crippen LogP contribution < -0.4 is 4.74 Å². The number of aromatic hydroxyl groups is 1. The Labute approximate surface area is 168 Å². The number of carbonyl (C=O) groups is 1. The lowest BCUT2D eigenvalue weighted by atomic mass is 10.2. The van der Waals surface area contributed by atoms with Gasteiger partial charge in [-0.25, -0.2) is 0 Å². The lowest BCUT2D eigenvalue weighted by Gasteiger charge is -2.07. The maximum absolute atomic E-state index is 12.8. The highest BCUT2D eigenvalue weighted by atomic mass is 32.2. The quantitative estimate of drug-likeness (QED) is 0.613. The van der Waals surface area contributed by atoms with E-state index in [0.717, 1.165) is 16.7 Å². The zero-order chi connectivity index (χ0) is 20.1. The number of phenolic OH excluding ortho intramolecular Hbond substituents is 1. The molecule has 3 rings (SSSR count). The number of amidine groups is 1. The summed E-state index contributed by atoms with van der Waals surface area (Å²) in [6.45, 7) is 4.30. The van der Waals surface area contributed by atoms with Crippen molar-refractivity contribution in [2.24, 2.45) is 10.1 Å². The van der Waals surface area contributed by atoms with Gasteiger partial charge in [-0.15, -0.1) is 0 Å². The smallest absolute Gasteiger partial charge is 0.287 e. The van der Waals surface area contributed by atoms with E-state index in [0.29, 0.717) is 22.4 Å². The van der Waals surface area contributed by atoms with Crippen LogP contribution in [0, 0.1) is 6.92 Å². The number of aliphatic imine (C=N–C) groups is 1. The zero-order valence-corrected chi connectivity index (χ0v) is 16.7. The van der Waals surface area contributed by atoms with E-state index in [1.54, 1.807) is 37.5 Å². The average Bonchev–Trinajstić information content (AvgIpc) is 2.99. The van der Waals surface area contributed by atoms with Crippen molar-refractivity contribution >= 4 is 35.1 Å². The first kappa shape index (κ1) is 19.7. The van der Waals surface area contributed by atoms with Gasteiger partial charge in [0.1, 0.15) is 0 Å². The molecule has 1 saturated heterocycles. The van der Waals surface area contributed by atoms with E-state index in [9.17, 15) is 9.90 Å². The molecule has 0 aliphatic carbocycles. The van der Waals surface area contributed by atoms with E-state index in [-0.39, 0.29) is 11.7 Å². The van der Waals surface area contributed by atoms with Crippen LogP contribution in [0.25, 0.3) is 6.08 Å². The summed E-state index contributed by atoms with van der Waals surface area (Å²) in [7, 11) is 1.63. The van der Waals surface area contributed by atoms with Crippen LogP contribution in [0.1, 0.15) is 23.6 Å². The molecule has 2 aromatic rings. The summed E-state index contributed by atoms with van der Waals surface area (Å²) in [6, 6.07) is 12.8. The first-order valence-electron chi connectivity index (χ1n) is 8.79. The molecule has 0 atom stereocenters. The average molecular weight is 395 g/mol. The topological polar surface area (TPSA) is 74.5 Å². The Morgan fingerprint density at radius 1 is 1.18 bits per heavy atom. The molecule has 0 aromatic heterocycles.